The van der Waals surface area contributed by atoms with Crippen LogP contribution in [0.15, 0.2) is 29.2 Å². The molecule has 0 saturated carbocycles. The Labute approximate surface area is 121 Å². The molecule has 2 rings (SSSR count). The third-order valence-corrected chi connectivity index (χ3v) is 5.56. The van der Waals surface area contributed by atoms with Crippen molar-refractivity contribution in [2.24, 2.45) is 0 Å². The highest BCUT2D eigenvalue weighted by Crippen LogP contribution is 2.19. The monoisotopic (exact) mass is 297 g/mol. The van der Waals surface area contributed by atoms with E-state index < -0.39 is 10.0 Å². The van der Waals surface area contributed by atoms with E-state index in [1.807, 2.05) is 7.05 Å². The fourth-order valence-corrected chi connectivity index (χ4v) is 3.87. The molecule has 20 heavy (non-hydrogen) atoms. The molecule has 1 fully saturated rings. The van der Waals surface area contributed by atoms with E-state index in [2.05, 4.69) is 17.1 Å². The smallest absolute Gasteiger partial charge is 0.243 e. The molecule has 0 unspecified atom stereocenters. The number of sulfonamides is 1. The predicted molar refractivity (Wildman–Crippen MR) is 81.5 cm³/mol. The van der Waals surface area contributed by atoms with Crippen LogP contribution in [0.25, 0.3) is 0 Å². The van der Waals surface area contributed by atoms with Crippen molar-refractivity contribution in [3.05, 3.63) is 24.3 Å². The molecular weight excluding hydrogens is 274 g/mol. The van der Waals surface area contributed by atoms with Crippen LogP contribution in [0.1, 0.15) is 13.3 Å². The molecular formula is C14H23N3O2S. The van der Waals surface area contributed by atoms with Gasteiger partial charge in [-0.1, -0.05) is 6.92 Å². The molecule has 1 heterocycles. The van der Waals surface area contributed by atoms with Gasteiger partial charge < -0.3 is 10.2 Å². The Morgan fingerprint density at radius 2 is 1.70 bits per heavy atom. The molecule has 0 aliphatic carbocycles. The van der Waals surface area contributed by atoms with Gasteiger partial charge in [0.1, 0.15) is 0 Å². The fourth-order valence-electron chi connectivity index (χ4n) is 2.45. The molecule has 5 nitrogen and oxygen atoms in total. The van der Waals surface area contributed by atoms with E-state index in [0.29, 0.717) is 18.0 Å². The number of piperazine rings is 1. The Morgan fingerprint density at radius 1 is 1.10 bits per heavy atom. The number of nitrogens with one attached hydrogen (secondary N) is 1. The van der Waals surface area contributed by atoms with Crippen LogP contribution in [0.3, 0.4) is 0 Å². The minimum Gasteiger partial charge on any atom is -0.388 e. The summed E-state index contributed by atoms with van der Waals surface area (Å²) in [6, 6.07) is 6.92. The maximum absolute atomic E-state index is 12.5. The highest BCUT2D eigenvalue weighted by Gasteiger charge is 2.27. The van der Waals surface area contributed by atoms with Crippen LogP contribution in [0, 0.1) is 0 Å². The van der Waals surface area contributed by atoms with E-state index in [-0.39, 0.29) is 0 Å². The van der Waals surface area contributed by atoms with Gasteiger partial charge in [0.2, 0.25) is 10.0 Å². The van der Waals surface area contributed by atoms with Crippen LogP contribution in [0.2, 0.25) is 0 Å². The first kappa shape index (κ1) is 15.3. The molecule has 1 aliphatic rings. The third-order valence-electron chi connectivity index (χ3n) is 3.65. The summed E-state index contributed by atoms with van der Waals surface area (Å²) in [6.45, 7) is 5.99. The maximum Gasteiger partial charge on any atom is 0.243 e. The molecule has 0 bridgehead atoms. The highest BCUT2D eigenvalue weighted by atomic mass is 32.2. The topological polar surface area (TPSA) is 52.7 Å². The van der Waals surface area contributed by atoms with Crippen molar-refractivity contribution < 1.29 is 8.42 Å². The number of anilines is 1. The van der Waals surface area contributed by atoms with Crippen LogP contribution in [0.5, 0.6) is 0 Å². The number of benzene rings is 1. The lowest BCUT2D eigenvalue weighted by molar-refractivity contribution is 0.188. The van der Waals surface area contributed by atoms with Gasteiger partial charge in [-0.05, 0) is 37.2 Å². The lowest BCUT2D eigenvalue weighted by atomic mass is 10.3. The lowest BCUT2D eigenvalue weighted by Gasteiger charge is -2.33. The minimum atomic E-state index is -3.35. The maximum atomic E-state index is 12.5. The molecule has 0 aromatic heterocycles. The first-order valence-corrected chi connectivity index (χ1v) is 8.52. The fraction of sp³-hybridized carbons (Fsp3) is 0.571. The molecule has 1 saturated heterocycles. The van der Waals surface area contributed by atoms with Gasteiger partial charge in [-0.25, -0.2) is 8.42 Å². The summed E-state index contributed by atoms with van der Waals surface area (Å²) in [6.07, 6.45) is 1.11. The quantitative estimate of drug-likeness (QED) is 0.893. The van der Waals surface area contributed by atoms with Crippen molar-refractivity contribution in [3.8, 4) is 0 Å². The van der Waals surface area contributed by atoms with Gasteiger partial charge >= 0.3 is 0 Å². The number of rotatable bonds is 5. The van der Waals surface area contributed by atoms with Crippen LogP contribution in [0.4, 0.5) is 5.69 Å². The molecule has 0 atom stereocenters. The predicted octanol–water partition coefficient (Wildman–Crippen LogP) is 1.44. The van der Waals surface area contributed by atoms with Crippen molar-refractivity contribution in [1.82, 2.24) is 9.21 Å². The highest BCUT2D eigenvalue weighted by molar-refractivity contribution is 7.89. The molecule has 6 heteroatoms. The number of hydrogen-bond acceptors (Lipinski definition) is 4. The molecule has 112 valence electrons. The second-order valence-corrected chi connectivity index (χ2v) is 6.96. The Bertz CT molecular complexity index is 520. The molecule has 1 aromatic carbocycles. The van der Waals surface area contributed by atoms with E-state index >= 15 is 0 Å². The molecule has 0 amide bonds. The van der Waals surface area contributed by atoms with Gasteiger partial charge in [-0.3, -0.25) is 0 Å². The average Bonchev–Trinajstić information content (AvgIpc) is 2.48. The Hall–Kier alpha value is -1.11. The van der Waals surface area contributed by atoms with Crippen LogP contribution in [-0.4, -0.2) is 57.4 Å². The zero-order valence-electron chi connectivity index (χ0n) is 12.2. The van der Waals surface area contributed by atoms with Gasteiger partial charge in [0.25, 0.3) is 0 Å². The summed E-state index contributed by atoms with van der Waals surface area (Å²) in [5.41, 5.74) is 0.914. The molecule has 0 spiro atoms. The zero-order chi connectivity index (χ0) is 14.6. The van der Waals surface area contributed by atoms with E-state index in [1.54, 1.807) is 28.6 Å². The Balaban J connectivity index is 2.07. The summed E-state index contributed by atoms with van der Waals surface area (Å²) in [5.74, 6) is 0. The summed E-state index contributed by atoms with van der Waals surface area (Å²) < 4.78 is 26.7. The van der Waals surface area contributed by atoms with Gasteiger partial charge in [0.15, 0.2) is 0 Å². The van der Waals surface area contributed by atoms with E-state index in [0.717, 1.165) is 31.7 Å². The van der Waals surface area contributed by atoms with Gasteiger partial charge in [-0.15, -0.1) is 0 Å². The summed E-state index contributed by atoms with van der Waals surface area (Å²) in [5, 5.41) is 2.99. The number of hydrogen-bond donors (Lipinski definition) is 1. The lowest BCUT2D eigenvalue weighted by Crippen LogP contribution is -2.48. The van der Waals surface area contributed by atoms with Crippen molar-refractivity contribution in [2.75, 3.05) is 45.1 Å². The van der Waals surface area contributed by atoms with Gasteiger partial charge in [-0.2, -0.15) is 4.31 Å². The largest absolute Gasteiger partial charge is 0.388 e. The van der Waals surface area contributed by atoms with Gasteiger partial charge in [0, 0.05) is 38.9 Å². The Kier molecular flexibility index (Phi) is 5.01. The second-order valence-electron chi connectivity index (χ2n) is 5.02. The summed E-state index contributed by atoms with van der Waals surface area (Å²) in [4.78, 5) is 2.69. The number of nitrogens with zero attached hydrogens (tertiary/aromatic N) is 2. The van der Waals surface area contributed by atoms with Gasteiger partial charge in [0.05, 0.1) is 4.90 Å². The van der Waals surface area contributed by atoms with E-state index in [4.69, 9.17) is 0 Å². The molecule has 0 radical (unpaired) electrons. The van der Waals surface area contributed by atoms with Crippen molar-refractivity contribution in [2.45, 2.75) is 18.2 Å². The van der Waals surface area contributed by atoms with Crippen LogP contribution < -0.4 is 5.32 Å². The van der Waals surface area contributed by atoms with Crippen molar-refractivity contribution >= 4 is 15.7 Å². The summed E-state index contributed by atoms with van der Waals surface area (Å²) in [7, 11) is -1.53. The van der Waals surface area contributed by atoms with Crippen LogP contribution in [-0.2, 0) is 10.0 Å². The summed E-state index contributed by atoms with van der Waals surface area (Å²) >= 11 is 0. The second kappa shape index (κ2) is 6.56. The molecule has 1 aliphatic heterocycles. The van der Waals surface area contributed by atoms with Crippen molar-refractivity contribution in [3.63, 3.8) is 0 Å². The SMILES string of the molecule is CCCN1CCN(S(=O)(=O)c2ccc(NC)cc2)CC1. The van der Waals surface area contributed by atoms with E-state index in [1.165, 1.54) is 0 Å². The van der Waals surface area contributed by atoms with Crippen LogP contribution >= 0.6 is 0 Å². The first-order chi connectivity index (χ1) is 9.57. The Morgan fingerprint density at radius 3 is 2.20 bits per heavy atom. The third kappa shape index (κ3) is 3.31. The van der Waals surface area contributed by atoms with Crippen molar-refractivity contribution in [1.29, 1.82) is 0 Å². The molecule has 1 N–H and O–H groups in total. The van der Waals surface area contributed by atoms with E-state index in [9.17, 15) is 8.42 Å². The standard InChI is InChI=1S/C14H23N3O2S/c1-3-8-16-9-11-17(12-10-16)20(18,19)14-6-4-13(15-2)5-7-14/h4-7,15H,3,8-12H2,1-2H3. The average molecular weight is 297 g/mol. The minimum absolute atomic E-state index is 0.375. The normalized spacial score (nSPS) is 18.1. The zero-order valence-corrected chi connectivity index (χ0v) is 13.0. The first-order valence-electron chi connectivity index (χ1n) is 7.08. The molecule has 1 aromatic rings.